The number of imide groups is 1. The molecule has 24 heavy (non-hydrogen) atoms. The lowest BCUT2D eigenvalue weighted by Crippen LogP contribution is -2.42. The van der Waals surface area contributed by atoms with Crippen molar-refractivity contribution < 1.29 is 23.9 Å². The normalized spacial score (nSPS) is 22.8. The van der Waals surface area contributed by atoms with Crippen molar-refractivity contribution in [1.29, 1.82) is 0 Å². The Labute approximate surface area is 139 Å². The average molecular weight is 333 g/mol. The zero-order chi connectivity index (χ0) is 17.3. The molecule has 0 saturated carbocycles. The van der Waals surface area contributed by atoms with Crippen molar-refractivity contribution in [3.63, 3.8) is 0 Å². The van der Waals surface area contributed by atoms with Crippen molar-refractivity contribution >= 4 is 17.8 Å². The number of fused-ring (bicyclic) bond motifs is 1. The van der Waals surface area contributed by atoms with Gasteiger partial charge in [-0.05, 0) is 24.6 Å². The molecule has 3 rings (SSSR count). The number of urea groups is 1. The number of likely N-dealkylation sites (N-methyl/N-ethyl adjacent to an activating group) is 1. The van der Waals surface area contributed by atoms with Gasteiger partial charge in [0.2, 0.25) is 5.91 Å². The van der Waals surface area contributed by atoms with Gasteiger partial charge in [0.05, 0.1) is 13.2 Å². The average Bonchev–Trinajstić information content (AvgIpc) is 2.76. The highest BCUT2D eigenvalue weighted by Gasteiger charge is 2.49. The van der Waals surface area contributed by atoms with E-state index < -0.39 is 23.4 Å². The molecule has 0 aliphatic carbocycles. The van der Waals surface area contributed by atoms with Crippen molar-refractivity contribution in [2.75, 3.05) is 26.8 Å². The van der Waals surface area contributed by atoms with Crippen molar-refractivity contribution in [3.05, 3.63) is 23.8 Å². The molecule has 1 saturated heterocycles. The Morgan fingerprint density at radius 1 is 1.29 bits per heavy atom. The van der Waals surface area contributed by atoms with Crippen LogP contribution in [0.2, 0.25) is 0 Å². The van der Waals surface area contributed by atoms with Gasteiger partial charge in [0.25, 0.3) is 5.91 Å². The number of carbonyl (C=O) groups excluding carboxylic acids is 3. The molecule has 2 aliphatic rings. The lowest BCUT2D eigenvalue weighted by molar-refractivity contribution is -0.134. The first-order valence-electron chi connectivity index (χ1n) is 7.70. The first-order chi connectivity index (χ1) is 11.5. The summed E-state index contributed by atoms with van der Waals surface area (Å²) < 4.78 is 11.2. The Morgan fingerprint density at radius 3 is 2.71 bits per heavy atom. The van der Waals surface area contributed by atoms with Crippen LogP contribution in [0.5, 0.6) is 11.5 Å². The molecule has 1 aromatic rings. The van der Waals surface area contributed by atoms with Crippen LogP contribution in [0, 0.1) is 0 Å². The van der Waals surface area contributed by atoms with Gasteiger partial charge in [-0.3, -0.25) is 14.5 Å². The second kappa shape index (κ2) is 6.03. The molecule has 2 heterocycles. The van der Waals surface area contributed by atoms with Crippen molar-refractivity contribution in [3.8, 4) is 11.5 Å². The SMILES string of the molecule is CNC(=O)CN1C(=O)NC(C)(c2ccc3c(c2)OCCCO3)C1=O. The van der Waals surface area contributed by atoms with E-state index in [-0.39, 0.29) is 6.54 Å². The molecule has 0 aromatic heterocycles. The first kappa shape index (κ1) is 16.1. The second-order valence-corrected chi connectivity index (χ2v) is 5.83. The molecule has 4 amide bonds. The Balaban J connectivity index is 1.91. The van der Waals surface area contributed by atoms with Crippen LogP contribution in [0.3, 0.4) is 0 Å². The summed E-state index contributed by atoms with van der Waals surface area (Å²) in [5, 5.41) is 5.06. The van der Waals surface area contributed by atoms with Crippen LogP contribution in [0.4, 0.5) is 4.79 Å². The Hall–Kier alpha value is -2.77. The van der Waals surface area contributed by atoms with Gasteiger partial charge in [-0.15, -0.1) is 0 Å². The number of carbonyl (C=O) groups is 3. The van der Waals surface area contributed by atoms with Crippen molar-refractivity contribution in [2.24, 2.45) is 0 Å². The molecule has 2 N–H and O–H groups in total. The number of hydrogen-bond acceptors (Lipinski definition) is 5. The largest absolute Gasteiger partial charge is 0.490 e. The minimum atomic E-state index is -1.25. The number of amides is 4. The molecular weight excluding hydrogens is 314 g/mol. The minimum Gasteiger partial charge on any atom is -0.490 e. The number of nitrogens with one attached hydrogen (secondary N) is 2. The molecule has 1 aromatic carbocycles. The van der Waals surface area contributed by atoms with Crippen LogP contribution >= 0.6 is 0 Å². The Kier molecular flexibility index (Phi) is 4.04. The monoisotopic (exact) mass is 333 g/mol. The standard InChI is InChI=1S/C16H19N3O5/c1-16(14(21)19(15(22)18-16)9-13(20)17-2)10-4-5-11-12(8-10)24-7-3-6-23-11/h4-5,8H,3,6-7,9H2,1-2H3,(H,17,20)(H,18,22). The molecule has 0 radical (unpaired) electrons. The van der Waals surface area contributed by atoms with Gasteiger partial charge in [-0.1, -0.05) is 6.07 Å². The summed E-state index contributed by atoms with van der Waals surface area (Å²) in [5.74, 6) is 0.254. The molecule has 128 valence electrons. The maximum Gasteiger partial charge on any atom is 0.325 e. The number of benzene rings is 1. The van der Waals surface area contributed by atoms with Crippen molar-refractivity contribution in [1.82, 2.24) is 15.5 Å². The van der Waals surface area contributed by atoms with E-state index in [1.807, 2.05) is 0 Å². The summed E-state index contributed by atoms with van der Waals surface area (Å²) in [6, 6.07) is 4.54. The maximum absolute atomic E-state index is 12.7. The summed E-state index contributed by atoms with van der Waals surface area (Å²) in [4.78, 5) is 37.3. The molecule has 1 unspecified atom stereocenters. The Bertz CT molecular complexity index is 705. The lowest BCUT2D eigenvalue weighted by Gasteiger charge is -2.23. The summed E-state index contributed by atoms with van der Waals surface area (Å²) in [5.41, 5.74) is -0.681. The van der Waals surface area contributed by atoms with Crippen LogP contribution in [0.25, 0.3) is 0 Å². The summed E-state index contributed by atoms with van der Waals surface area (Å²) in [6.45, 7) is 2.38. The quantitative estimate of drug-likeness (QED) is 0.779. The summed E-state index contributed by atoms with van der Waals surface area (Å²) >= 11 is 0. The Morgan fingerprint density at radius 2 is 2.00 bits per heavy atom. The second-order valence-electron chi connectivity index (χ2n) is 5.83. The summed E-state index contributed by atoms with van der Waals surface area (Å²) in [7, 11) is 1.45. The fourth-order valence-electron chi connectivity index (χ4n) is 2.73. The van der Waals surface area contributed by atoms with E-state index in [2.05, 4.69) is 10.6 Å². The number of rotatable bonds is 3. The zero-order valence-corrected chi connectivity index (χ0v) is 13.5. The van der Waals surface area contributed by atoms with Crippen LogP contribution in [-0.4, -0.2) is 49.6 Å². The molecule has 8 heteroatoms. The van der Waals surface area contributed by atoms with Crippen molar-refractivity contribution in [2.45, 2.75) is 18.9 Å². The van der Waals surface area contributed by atoms with Gasteiger partial charge in [0.1, 0.15) is 12.1 Å². The zero-order valence-electron chi connectivity index (χ0n) is 13.5. The van der Waals surface area contributed by atoms with E-state index in [0.29, 0.717) is 30.3 Å². The number of nitrogens with zero attached hydrogens (tertiary/aromatic N) is 1. The number of hydrogen-bond donors (Lipinski definition) is 2. The van der Waals surface area contributed by atoms with Gasteiger partial charge in [0.15, 0.2) is 11.5 Å². The predicted molar refractivity (Wildman–Crippen MR) is 83.7 cm³/mol. The third-order valence-corrected chi connectivity index (χ3v) is 4.18. The highest BCUT2D eigenvalue weighted by Crippen LogP contribution is 2.36. The van der Waals surface area contributed by atoms with Crippen LogP contribution in [0.15, 0.2) is 18.2 Å². The van der Waals surface area contributed by atoms with E-state index in [1.54, 1.807) is 25.1 Å². The molecule has 1 fully saturated rings. The fraction of sp³-hybridized carbons (Fsp3) is 0.438. The van der Waals surface area contributed by atoms with Gasteiger partial charge >= 0.3 is 6.03 Å². The van der Waals surface area contributed by atoms with E-state index in [1.165, 1.54) is 7.05 Å². The predicted octanol–water partition coefficient (Wildman–Crippen LogP) is 0.361. The van der Waals surface area contributed by atoms with Crippen LogP contribution < -0.4 is 20.1 Å². The molecular formula is C16H19N3O5. The minimum absolute atomic E-state index is 0.318. The van der Waals surface area contributed by atoms with E-state index >= 15 is 0 Å². The third kappa shape index (κ3) is 2.64. The molecule has 0 bridgehead atoms. The number of ether oxygens (including phenoxy) is 2. The van der Waals surface area contributed by atoms with E-state index in [0.717, 1.165) is 11.3 Å². The van der Waals surface area contributed by atoms with Gasteiger partial charge in [0, 0.05) is 13.5 Å². The van der Waals surface area contributed by atoms with E-state index in [9.17, 15) is 14.4 Å². The van der Waals surface area contributed by atoms with Gasteiger partial charge < -0.3 is 20.1 Å². The smallest absolute Gasteiger partial charge is 0.325 e. The topological polar surface area (TPSA) is 97.0 Å². The van der Waals surface area contributed by atoms with Crippen LogP contribution in [-0.2, 0) is 15.1 Å². The highest BCUT2D eigenvalue weighted by molar-refractivity contribution is 6.09. The highest BCUT2D eigenvalue weighted by atomic mass is 16.5. The third-order valence-electron chi connectivity index (χ3n) is 4.18. The van der Waals surface area contributed by atoms with E-state index in [4.69, 9.17) is 9.47 Å². The molecule has 2 aliphatic heterocycles. The fourth-order valence-corrected chi connectivity index (χ4v) is 2.73. The maximum atomic E-state index is 12.7. The van der Waals surface area contributed by atoms with Gasteiger partial charge in [-0.2, -0.15) is 0 Å². The molecule has 8 nitrogen and oxygen atoms in total. The first-order valence-corrected chi connectivity index (χ1v) is 7.70. The lowest BCUT2D eigenvalue weighted by atomic mass is 9.91. The molecule has 0 spiro atoms. The summed E-state index contributed by atoms with van der Waals surface area (Å²) in [6.07, 6.45) is 0.775. The van der Waals surface area contributed by atoms with Gasteiger partial charge in [-0.25, -0.2) is 4.79 Å². The van der Waals surface area contributed by atoms with Crippen LogP contribution in [0.1, 0.15) is 18.9 Å². The molecule has 1 atom stereocenters.